The van der Waals surface area contributed by atoms with E-state index in [-0.39, 0.29) is 12.4 Å². The van der Waals surface area contributed by atoms with Crippen molar-refractivity contribution in [3.05, 3.63) is 70.4 Å². The number of aromatic nitrogens is 1. The van der Waals surface area contributed by atoms with Gasteiger partial charge in [-0.15, -0.1) is 12.4 Å². The number of benzene rings is 2. The molecule has 3 aromatic rings. The molecule has 2 nitrogen and oxygen atoms in total. The maximum atomic E-state index is 6.08. The van der Waals surface area contributed by atoms with Crippen molar-refractivity contribution in [2.24, 2.45) is 0 Å². The fraction of sp³-hybridized carbons (Fsp3) is 0.222. The number of hydrogen-bond acceptors (Lipinski definition) is 1. The zero-order valence-corrected chi connectivity index (χ0v) is 14.1. The number of aromatic amines is 1. The van der Waals surface area contributed by atoms with E-state index >= 15 is 0 Å². The molecule has 0 aliphatic carbocycles. The topological polar surface area (TPSA) is 27.8 Å². The summed E-state index contributed by atoms with van der Waals surface area (Å²) in [7, 11) is 0. The molecule has 0 saturated heterocycles. The molecule has 4 heteroatoms. The van der Waals surface area contributed by atoms with Crippen molar-refractivity contribution in [2.75, 3.05) is 6.54 Å². The first kappa shape index (κ1) is 16.9. The van der Waals surface area contributed by atoms with Crippen LogP contribution >= 0.6 is 24.0 Å². The summed E-state index contributed by atoms with van der Waals surface area (Å²) >= 11 is 6.08. The average molecular weight is 335 g/mol. The first-order chi connectivity index (χ1) is 10.2. The number of halogens is 2. The Kier molecular flexibility index (Phi) is 5.90. The minimum atomic E-state index is 0. The van der Waals surface area contributed by atoms with Crippen LogP contribution in [0.4, 0.5) is 0 Å². The van der Waals surface area contributed by atoms with E-state index in [0.29, 0.717) is 0 Å². The van der Waals surface area contributed by atoms with Crippen LogP contribution in [-0.4, -0.2) is 11.5 Å². The summed E-state index contributed by atoms with van der Waals surface area (Å²) in [5.74, 6) is 0. The number of para-hydroxylation sites is 1. The Bertz CT molecular complexity index is 729. The smallest absolute Gasteiger partial charge is 0.0456 e. The fourth-order valence-corrected chi connectivity index (χ4v) is 3.02. The molecule has 0 aliphatic rings. The molecule has 0 spiro atoms. The highest BCUT2D eigenvalue weighted by Crippen LogP contribution is 2.18. The summed E-state index contributed by atoms with van der Waals surface area (Å²) in [5, 5.41) is 5.61. The summed E-state index contributed by atoms with van der Waals surface area (Å²) in [6, 6.07) is 14.6. The van der Waals surface area contributed by atoms with E-state index in [1.54, 1.807) is 0 Å². The van der Waals surface area contributed by atoms with Gasteiger partial charge in [0, 0.05) is 28.7 Å². The molecule has 2 N–H and O–H groups in total. The number of H-pyrrole nitrogens is 1. The van der Waals surface area contributed by atoms with Crippen molar-refractivity contribution in [3.8, 4) is 0 Å². The first-order valence-corrected chi connectivity index (χ1v) is 7.62. The molecule has 116 valence electrons. The maximum Gasteiger partial charge on any atom is 0.0456 e. The molecule has 1 heterocycles. The third-order valence-electron chi connectivity index (χ3n) is 3.68. The van der Waals surface area contributed by atoms with Gasteiger partial charge in [-0.05, 0) is 54.8 Å². The first-order valence-electron chi connectivity index (χ1n) is 7.24. The third-order valence-corrected chi connectivity index (χ3v) is 3.90. The quantitative estimate of drug-likeness (QED) is 0.639. The van der Waals surface area contributed by atoms with Crippen LogP contribution < -0.4 is 5.32 Å². The normalized spacial score (nSPS) is 10.6. The van der Waals surface area contributed by atoms with Crippen molar-refractivity contribution in [3.63, 3.8) is 0 Å². The number of nitrogens with one attached hydrogen (secondary N) is 2. The van der Waals surface area contributed by atoms with Gasteiger partial charge in [-0.2, -0.15) is 0 Å². The SMILES string of the molecule is Cc1cc(Cl)cc(CNCCc2c[nH]c3ccccc23)c1.Cl. The van der Waals surface area contributed by atoms with Crippen molar-refractivity contribution in [1.29, 1.82) is 0 Å². The molecule has 0 bridgehead atoms. The van der Waals surface area contributed by atoms with Crippen LogP contribution in [0.5, 0.6) is 0 Å². The largest absolute Gasteiger partial charge is 0.361 e. The fourth-order valence-electron chi connectivity index (χ4n) is 2.71. The van der Waals surface area contributed by atoms with Gasteiger partial charge in [-0.1, -0.05) is 35.9 Å². The maximum absolute atomic E-state index is 6.08. The summed E-state index contributed by atoms with van der Waals surface area (Å²) < 4.78 is 0. The minimum absolute atomic E-state index is 0. The van der Waals surface area contributed by atoms with Gasteiger partial charge in [-0.25, -0.2) is 0 Å². The lowest BCUT2D eigenvalue weighted by molar-refractivity contribution is 0.688. The van der Waals surface area contributed by atoms with E-state index in [1.807, 2.05) is 12.1 Å². The van der Waals surface area contributed by atoms with Crippen molar-refractivity contribution in [1.82, 2.24) is 10.3 Å². The van der Waals surface area contributed by atoms with E-state index in [2.05, 4.69) is 53.8 Å². The summed E-state index contributed by atoms with van der Waals surface area (Å²) in [6.45, 7) is 3.87. The van der Waals surface area contributed by atoms with Crippen molar-refractivity contribution in [2.45, 2.75) is 19.9 Å². The Morgan fingerprint density at radius 3 is 2.77 bits per heavy atom. The third kappa shape index (κ3) is 4.04. The molecule has 0 radical (unpaired) electrons. The van der Waals surface area contributed by atoms with Gasteiger partial charge in [-0.3, -0.25) is 0 Å². The molecular weight excluding hydrogens is 315 g/mol. The highest BCUT2D eigenvalue weighted by Gasteiger charge is 2.02. The molecule has 0 aliphatic heterocycles. The highest BCUT2D eigenvalue weighted by atomic mass is 35.5. The monoisotopic (exact) mass is 334 g/mol. The van der Waals surface area contributed by atoms with Gasteiger partial charge in [0.1, 0.15) is 0 Å². The van der Waals surface area contributed by atoms with Gasteiger partial charge in [0.2, 0.25) is 0 Å². The zero-order chi connectivity index (χ0) is 14.7. The van der Waals surface area contributed by atoms with E-state index in [4.69, 9.17) is 11.6 Å². The molecule has 3 rings (SSSR count). The van der Waals surface area contributed by atoms with E-state index < -0.39 is 0 Å². The molecule has 1 aromatic heterocycles. The lowest BCUT2D eigenvalue weighted by atomic mass is 10.1. The number of rotatable bonds is 5. The second kappa shape index (κ2) is 7.68. The molecule has 22 heavy (non-hydrogen) atoms. The molecule has 0 atom stereocenters. The van der Waals surface area contributed by atoms with E-state index in [0.717, 1.165) is 24.5 Å². The molecule has 0 saturated carbocycles. The van der Waals surface area contributed by atoms with Gasteiger partial charge >= 0.3 is 0 Å². The van der Waals surface area contributed by atoms with Crippen LogP contribution in [0.25, 0.3) is 10.9 Å². The van der Waals surface area contributed by atoms with Gasteiger partial charge < -0.3 is 10.3 Å². The predicted molar refractivity (Wildman–Crippen MR) is 97.1 cm³/mol. The Labute approximate surface area is 142 Å². The number of aryl methyl sites for hydroxylation is 1. The Morgan fingerprint density at radius 1 is 1.14 bits per heavy atom. The van der Waals surface area contributed by atoms with E-state index in [9.17, 15) is 0 Å². The van der Waals surface area contributed by atoms with Crippen LogP contribution in [0.15, 0.2) is 48.7 Å². The van der Waals surface area contributed by atoms with Gasteiger partial charge in [0.25, 0.3) is 0 Å². The predicted octanol–water partition coefficient (Wildman–Crippen LogP) is 4.88. The van der Waals surface area contributed by atoms with E-state index in [1.165, 1.54) is 27.6 Å². The van der Waals surface area contributed by atoms with Crippen LogP contribution in [0.1, 0.15) is 16.7 Å². The second-order valence-corrected chi connectivity index (χ2v) is 5.86. The molecule has 0 amide bonds. The van der Waals surface area contributed by atoms with Crippen molar-refractivity contribution < 1.29 is 0 Å². The lowest BCUT2D eigenvalue weighted by Crippen LogP contribution is -2.16. The molecule has 0 unspecified atom stereocenters. The highest BCUT2D eigenvalue weighted by molar-refractivity contribution is 6.30. The molecule has 0 fully saturated rings. The molecular formula is C18H20Cl2N2. The number of hydrogen-bond donors (Lipinski definition) is 2. The minimum Gasteiger partial charge on any atom is -0.361 e. The van der Waals surface area contributed by atoms with Gasteiger partial charge in [0.05, 0.1) is 0 Å². The number of fused-ring (bicyclic) bond motifs is 1. The summed E-state index contributed by atoms with van der Waals surface area (Å²) in [4.78, 5) is 3.32. The van der Waals surface area contributed by atoms with Crippen LogP contribution in [0.3, 0.4) is 0 Å². The van der Waals surface area contributed by atoms with Crippen LogP contribution in [-0.2, 0) is 13.0 Å². The lowest BCUT2D eigenvalue weighted by Gasteiger charge is -2.06. The Balaban J connectivity index is 0.00000176. The Hall–Kier alpha value is -1.48. The van der Waals surface area contributed by atoms with Gasteiger partial charge in [0.15, 0.2) is 0 Å². The summed E-state index contributed by atoms with van der Waals surface area (Å²) in [6.07, 6.45) is 3.12. The second-order valence-electron chi connectivity index (χ2n) is 5.42. The standard InChI is InChI=1S/C18H19ClN2.ClH/c1-13-8-14(10-16(19)9-13)11-20-7-6-15-12-21-18-5-3-2-4-17(15)18;/h2-5,8-10,12,20-21H,6-7,11H2,1H3;1H. The Morgan fingerprint density at radius 2 is 1.95 bits per heavy atom. The van der Waals surface area contributed by atoms with Crippen LogP contribution in [0, 0.1) is 6.92 Å². The zero-order valence-electron chi connectivity index (χ0n) is 12.5. The summed E-state index contributed by atoms with van der Waals surface area (Å²) in [5.41, 5.74) is 5.01. The molecule has 2 aromatic carbocycles. The van der Waals surface area contributed by atoms with Crippen LogP contribution in [0.2, 0.25) is 5.02 Å². The van der Waals surface area contributed by atoms with Crippen molar-refractivity contribution >= 4 is 34.9 Å². The average Bonchev–Trinajstić information content (AvgIpc) is 2.86.